The minimum Gasteiger partial charge on any atom is -0.508 e. The minimum absolute atomic E-state index is 0.213. The quantitative estimate of drug-likeness (QED) is 0.436. The highest BCUT2D eigenvalue weighted by atomic mass is 79.9. The molecule has 5 rings (SSSR count). The van der Waals surface area contributed by atoms with Crippen LogP contribution in [-0.2, 0) is 41.9 Å². The predicted molar refractivity (Wildman–Crippen MR) is 133 cm³/mol. The molecular formula is C26H23Br2NO4. The molecule has 0 fully saturated rings. The number of fused-ring (bicyclic) bond motifs is 2. The van der Waals surface area contributed by atoms with E-state index in [0.717, 1.165) is 49.8 Å². The summed E-state index contributed by atoms with van der Waals surface area (Å²) in [7, 11) is 0. The van der Waals surface area contributed by atoms with Crippen LogP contribution in [-0.4, -0.2) is 21.7 Å². The Labute approximate surface area is 209 Å². The number of ether oxygens (including phenoxy) is 1. The molecule has 33 heavy (non-hydrogen) atoms. The molecule has 0 atom stereocenters. The van der Waals surface area contributed by atoms with Gasteiger partial charge in [-0.3, -0.25) is 14.6 Å². The molecule has 0 spiro atoms. The highest BCUT2D eigenvalue weighted by Crippen LogP contribution is 2.33. The molecule has 1 N–H and O–H groups in total. The second-order valence-electron chi connectivity index (χ2n) is 8.19. The number of Topliss-reactive ketones (excluding diaryl/α,β-unsaturated/α-hetero) is 2. The molecular weight excluding hydrogens is 550 g/mol. The van der Waals surface area contributed by atoms with Crippen LogP contribution >= 0.6 is 31.9 Å². The molecule has 2 aromatic carbocycles. The van der Waals surface area contributed by atoms with Crippen LogP contribution in [0.5, 0.6) is 11.5 Å². The van der Waals surface area contributed by atoms with Gasteiger partial charge in [0, 0.05) is 63.7 Å². The summed E-state index contributed by atoms with van der Waals surface area (Å²) in [5, 5.41) is 9.57. The monoisotopic (exact) mass is 571 g/mol. The van der Waals surface area contributed by atoms with Crippen molar-refractivity contribution in [2.24, 2.45) is 0 Å². The van der Waals surface area contributed by atoms with E-state index in [1.807, 2.05) is 24.3 Å². The summed E-state index contributed by atoms with van der Waals surface area (Å²) >= 11 is 6.82. The third-order valence-electron chi connectivity index (χ3n) is 5.76. The van der Waals surface area contributed by atoms with Gasteiger partial charge in [-0.25, -0.2) is 0 Å². The Hall–Kier alpha value is -2.51. The van der Waals surface area contributed by atoms with Crippen molar-refractivity contribution in [3.05, 3.63) is 85.6 Å². The lowest BCUT2D eigenvalue weighted by atomic mass is 9.90. The number of halogens is 2. The summed E-state index contributed by atoms with van der Waals surface area (Å²) in [4.78, 5) is 26.9. The maximum absolute atomic E-state index is 11.7. The molecule has 0 radical (unpaired) electrons. The number of hydrogen-bond donors (Lipinski definition) is 1. The number of nitrogens with zero attached hydrogens (tertiary/aromatic N) is 1. The average Bonchev–Trinajstić information content (AvgIpc) is 2.79. The van der Waals surface area contributed by atoms with Crippen molar-refractivity contribution >= 4 is 43.4 Å². The molecule has 0 bridgehead atoms. The lowest BCUT2D eigenvalue weighted by molar-refractivity contribution is -0.119. The van der Waals surface area contributed by atoms with Crippen LogP contribution in [0.15, 0.2) is 57.7 Å². The number of rotatable bonds is 3. The van der Waals surface area contributed by atoms with Crippen molar-refractivity contribution in [2.45, 2.75) is 45.1 Å². The number of aryl methyl sites for hydroxylation is 2. The molecule has 7 heteroatoms. The smallest absolute Gasteiger partial charge is 0.137 e. The molecule has 0 saturated heterocycles. The van der Waals surface area contributed by atoms with E-state index >= 15 is 0 Å². The Kier molecular flexibility index (Phi) is 7.60. The van der Waals surface area contributed by atoms with Gasteiger partial charge in [-0.15, -0.1) is 0 Å². The van der Waals surface area contributed by atoms with Crippen molar-refractivity contribution in [3.63, 3.8) is 0 Å². The summed E-state index contributed by atoms with van der Waals surface area (Å²) in [5.74, 6) is 1.53. The summed E-state index contributed by atoms with van der Waals surface area (Å²) in [6.45, 7) is 0.463. The first-order valence-electron chi connectivity index (χ1n) is 10.8. The number of phenolic OH excluding ortho intramolecular Hbond substituents is 1. The number of carbonyl (C=O) groups excluding carboxylic acids is 2. The van der Waals surface area contributed by atoms with E-state index in [-0.39, 0.29) is 17.3 Å². The van der Waals surface area contributed by atoms with Gasteiger partial charge in [-0.05, 0) is 54.3 Å². The number of aromatic nitrogens is 1. The predicted octanol–water partition coefficient (Wildman–Crippen LogP) is 5.69. The molecule has 3 aromatic rings. The van der Waals surface area contributed by atoms with E-state index in [9.17, 15) is 14.7 Å². The van der Waals surface area contributed by atoms with Gasteiger partial charge in [0.2, 0.25) is 0 Å². The fraction of sp³-hybridized carbons (Fsp3) is 0.269. The van der Waals surface area contributed by atoms with Crippen molar-refractivity contribution in [2.75, 3.05) is 0 Å². The van der Waals surface area contributed by atoms with Gasteiger partial charge in [0.25, 0.3) is 0 Å². The van der Waals surface area contributed by atoms with E-state index in [2.05, 4.69) is 42.9 Å². The number of benzene rings is 2. The van der Waals surface area contributed by atoms with Crippen LogP contribution in [0.1, 0.15) is 40.7 Å². The first-order chi connectivity index (χ1) is 15.9. The standard InChI is InChI=1S/C16H14BrNO2.C10H9BrO2/c17-13-6-12-3-4-14(19)8-15(12)16(7-13)20-10-11-2-1-5-18-9-11;11-7-3-6-1-2-8(12)5-9(6)10(13)4-7/h1-2,5-7,9H,3-4,8,10H2;3-4,13H,1-2,5H2. The summed E-state index contributed by atoms with van der Waals surface area (Å²) in [5.41, 5.74) is 5.16. The van der Waals surface area contributed by atoms with Crippen LogP contribution < -0.4 is 4.74 Å². The van der Waals surface area contributed by atoms with Crippen molar-refractivity contribution in [3.8, 4) is 11.5 Å². The number of pyridine rings is 1. The van der Waals surface area contributed by atoms with Gasteiger partial charge in [0.1, 0.15) is 29.7 Å². The number of phenols is 1. The van der Waals surface area contributed by atoms with E-state index in [0.29, 0.717) is 32.3 Å². The Morgan fingerprint density at radius 1 is 0.879 bits per heavy atom. The first-order valence-corrected chi connectivity index (χ1v) is 12.3. The maximum atomic E-state index is 11.7. The number of ketones is 2. The van der Waals surface area contributed by atoms with Crippen LogP contribution in [0.3, 0.4) is 0 Å². The molecule has 2 aliphatic carbocycles. The molecule has 5 nitrogen and oxygen atoms in total. The van der Waals surface area contributed by atoms with Gasteiger partial charge < -0.3 is 9.84 Å². The minimum atomic E-state index is 0.213. The first kappa shape index (κ1) is 23.6. The van der Waals surface area contributed by atoms with Crippen molar-refractivity contribution in [1.82, 2.24) is 4.98 Å². The Morgan fingerprint density at radius 3 is 2.18 bits per heavy atom. The lowest BCUT2D eigenvalue weighted by Gasteiger charge is -2.19. The highest BCUT2D eigenvalue weighted by Gasteiger charge is 2.21. The van der Waals surface area contributed by atoms with Gasteiger partial charge in [0.05, 0.1) is 0 Å². The normalized spacial score (nSPS) is 14.6. The molecule has 1 heterocycles. The zero-order valence-corrected chi connectivity index (χ0v) is 21.1. The average molecular weight is 573 g/mol. The molecule has 0 aliphatic heterocycles. The number of carbonyl (C=O) groups is 2. The fourth-order valence-corrected chi connectivity index (χ4v) is 5.06. The lowest BCUT2D eigenvalue weighted by Crippen LogP contribution is -2.15. The van der Waals surface area contributed by atoms with Gasteiger partial charge in [-0.2, -0.15) is 0 Å². The highest BCUT2D eigenvalue weighted by molar-refractivity contribution is 9.10. The van der Waals surface area contributed by atoms with Crippen molar-refractivity contribution < 1.29 is 19.4 Å². The fourth-order valence-electron chi connectivity index (χ4n) is 4.09. The summed E-state index contributed by atoms with van der Waals surface area (Å²) in [6, 6.07) is 11.5. The van der Waals surface area contributed by atoms with Crippen molar-refractivity contribution in [1.29, 1.82) is 0 Å². The topological polar surface area (TPSA) is 76.5 Å². The maximum Gasteiger partial charge on any atom is 0.137 e. The van der Waals surface area contributed by atoms with E-state index in [1.54, 1.807) is 18.5 Å². The van der Waals surface area contributed by atoms with E-state index in [4.69, 9.17) is 4.74 Å². The van der Waals surface area contributed by atoms with Crippen LogP contribution in [0, 0.1) is 0 Å². The molecule has 0 saturated carbocycles. The van der Waals surface area contributed by atoms with E-state index < -0.39 is 0 Å². The molecule has 170 valence electrons. The summed E-state index contributed by atoms with van der Waals surface area (Å²) < 4.78 is 7.76. The van der Waals surface area contributed by atoms with Crippen LogP contribution in [0.4, 0.5) is 0 Å². The molecule has 0 unspecified atom stereocenters. The number of hydrogen-bond acceptors (Lipinski definition) is 5. The number of aromatic hydroxyl groups is 1. The molecule has 1 aromatic heterocycles. The van der Waals surface area contributed by atoms with Crippen LogP contribution in [0.25, 0.3) is 0 Å². The Morgan fingerprint density at radius 2 is 1.52 bits per heavy atom. The van der Waals surface area contributed by atoms with Gasteiger partial charge in [0.15, 0.2) is 0 Å². The molecule has 0 amide bonds. The third kappa shape index (κ3) is 6.09. The third-order valence-corrected chi connectivity index (χ3v) is 6.68. The zero-order chi connectivity index (χ0) is 23.4. The molecule has 2 aliphatic rings. The second kappa shape index (κ2) is 10.6. The zero-order valence-electron chi connectivity index (χ0n) is 17.9. The van der Waals surface area contributed by atoms with Crippen LogP contribution in [0.2, 0.25) is 0 Å². The second-order valence-corrected chi connectivity index (χ2v) is 10.0. The largest absolute Gasteiger partial charge is 0.508 e. The Balaban J connectivity index is 0.000000172. The Bertz CT molecular complexity index is 1190. The van der Waals surface area contributed by atoms with E-state index in [1.165, 1.54) is 5.56 Å². The summed E-state index contributed by atoms with van der Waals surface area (Å²) in [6.07, 6.45) is 7.17. The van der Waals surface area contributed by atoms with Gasteiger partial charge in [-0.1, -0.05) is 37.9 Å². The van der Waals surface area contributed by atoms with Gasteiger partial charge >= 0.3 is 0 Å². The SMILES string of the molecule is O=C1CCc2cc(Br)cc(O)c2C1.O=C1CCc2cc(Br)cc(OCc3cccnc3)c2C1.